The van der Waals surface area contributed by atoms with Gasteiger partial charge < -0.3 is 30.7 Å². The number of aliphatic hydroxyl groups excluding tert-OH is 2. The summed E-state index contributed by atoms with van der Waals surface area (Å²) >= 11 is 6.19. The summed E-state index contributed by atoms with van der Waals surface area (Å²) in [5.74, 6) is 6.40. The first-order valence-electron chi connectivity index (χ1n) is 15.6. The number of imidazole rings is 1. The van der Waals surface area contributed by atoms with Crippen LogP contribution in [-0.4, -0.2) is 82.3 Å². The van der Waals surface area contributed by atoms with Gasteiger partial charge in [0.15, 0.2) is 17.0 Å². The molecule has 2 saturated carbocycles. The fourth-order valence-corrected chi connectivity index (χ4v) is 6.72. The maximum atomic E-state index is 12.7. The molecule has 0 aliphatic heterocycles. The molecule has 47 heavy (non-hydrogen) atoms. The van der Waals surface area contributed by atoms with Crippen molar-refractivity contribution in [3.63, 3.8) is 0 Å². The number of benzene rings is 1. The molecule has 2 amide bonds. The smallest absolute Gasteiger partial charge is 0.229 e. The molecule has 0 saturated heterocycles. The van der Waals surface area contributed by atoms with Crippen LogP contribution in [0.3, 0.4) is 0 Å². The van der Waals surface area contributed by atoms with E-state index in [0.717, 1.165) is 30.5 Å². The Labute approximate surface area is 276 Å². The summed E-state index contributed by atoms with van der Waals surface area (Å²) in [6.45, 7) is 2.97. The van der Waals surface area contributed by atoms with E-state index in [4.69, 9.17) is 16.6 Å². The van der Waals surface area contributed by atoms with Crippen molar-refractivity contribution in [2.45, 2.75) is 70.4 Å². The van der Waals surface area contributed by atoms with Crippen LogP contribution in [0.5, 0.6) is 0 Å². The number of carbonyl (C=O) groups is 2. The predicted octanol–water partition coefficient (Wildman–Crippen LogP) is 1.61. The van der Waals surface area contributed by atoms with E-state index in [0.29, 0.717) is 54.5 Å². The number of aromatic nitrogens is 7. The maximum Gasteiger partial charge on any atom is 0.229 e. The Balaban J connectivity index is 1.18. The van der Waals surface area contributed by atoms with Gasteiger partial charge >= 0.3 is 0 Å². The van der Waals surface area contributed by atoms with Crippen LogP contribution in [0.4, 0.5) is 5.82 Å². The van der Waals surface area contributed by atoms with Gasteiger partial charge in [0.05, 0.1) is 36.1 Å². The number of nitrogens with one attached hydrogen (secondary N) is 3. The standard InChI is InChI=1S/C32H37ClN10O4/c1-19(44)35-12-13-42-17-22(40-41-42)10-5-3-4-6-11-24-38-29(36-16-20-8-7-9-21(33)14-20)25-30(39-24)43(18-37-25)26-23-15-32(23,31(47)34-2)28(46)27(26)45/h7-9,14,17-18,23,26-28,45-46H,3-5,10,12-13,15-16H2,1-2H3,(H,34,47)(H,35,44)(H,36,38,39)/t23-,26+,27-,28-,32+/m0/s1. The summed E-state index contributed by atoms with van der Waals surface area (Å²) in [6, 6.07) is 6.90. The van der Waals surface area contributed by atoms with Gasteiger partial charge in [-0.2, -0.15) is 0 Å². The molecule has 2 aliphatic rings. The van der Waals surface area contributed by atoms with Gasteiger partial charge in [0.1, 0.15) is 6.10 Å². The highest BCUT2D eigenvalue weighted by molar-refractivity contribution is 6.30. The molecule has 5 N–H and O–H groups in total. The molecule has 3 heterocycles. The molecule has 2 fully saturated rings. The average Bonchev–Trinajstić information content (AvgIpc) is 3.28. The molecule has 4 aromatic rings. The minimum atomic E-state index is -1.20. The first kappa shape index (κ1) is 32.4. The summed E-state index contributed by atoms with van der Waals surface area (Å²) in [5.41, 5.74) is 1.75. The van der Waals surface area contributed by atoms with Crippen LogP contribution < -0.4 is 16.0 Å². The number of unbranched alkanes of at least 4 members (excludes halogenated alkanes) is 2. The van der Waals surface area contributed by atoms with Crippen molar-refractivity contribution in [1.29, 1.82) is 0 Å². The largest absolute Gasteiger partial charge is 0.389 e. The topological polar surface area (TPSA) is 185 Å². The summed E-state index contributed by atoms with van der Waals surface area (Å²) < 4.78 is 3.46. The van der Waals surface area contributed by atoms with E-state index in [1.807, 2.05) is 24.4 Å². The third-order valence-electron chi connectivity index (χ3n) is 8.90. The lowest BCUT2D eigenvalue weighted by atomic mass is 9.98. The second-order valence-corrected chi connectivity index (χ2v) is 12.5. The molecule has 0 bridgehead atoms. The molecule has 5 atom stereocenters. The van der Waals surface area contributed by atoms with E-state index in [2.05, 4.69) is 48.1 Å². The zero-order valence-electron chi connectivity index (χ0n) is 26.1. The number of aliphatic hydroxyl groups is 2. The summed E-state index contributed by atoms with van der Waals surface area (Å²) in [4.78, 5) is 37.7. The fraction of sp³-hybridized carbons (Fsp3) is 0.469. The lowest BCUT2D eigenvalue weighted by molar-refractivity contribution is -0.132. The Morgan fingerprint density at radius 2 is 2.06 bits per heavy atom. The molecule has 15 heteroatoms. The van der Waals surface area contributed by atoms with Crippen LogP contribution in [-0.2, 0) is 29.1 Å². The van der Waals surface area contributed by atoms with Crippen molar-refractivity contribution < 1.29 is 19.8 Å². The van der Waals surface area contributed by atoms with E-state index in [1.54, 1.807) is 21.6 Å². The molecule has 1 aromatic carbocycles. The number of aryl methyl sites for hydroxylation is 1. The zero-order valence-corrected chi connectivity index (χ0v) is 26.9. The highest BCUT2D eigenvalue weighted by Crippen LogP contribution is 2.67. The SMILES string of the molecule is CNC(=O)[C@]12C[C@H]1[C@@H](n1cnc3c(NCc4cccc(Cl)c4)nc(C#CCCCCc4cn(CCNC(C)=O)nn4)nc31)[C@H](O)[C@@H]2O. The Kier molecular flexibility index (Phi) is 9.40. The lowest BCUT2D eigenvalue weighted by Gasteiger charge is -2.23. The van der Waals surface area contributed by atoms with Crippen LogP contribution in [0.1, 0.15) is 55.7 Å². The van der Waals surface area contributed by atoms with E-state index >= 15 is 0 Å². The minimum Gasteiger partial charge on any atom is -0.389 e. The first-order valence-corrected chi connectivity index (χ1v) is 16.0. The van der Waals surface area contributed by atoms with Crippen LogP contribution in [0.2, 0.25) is 5.02 Å². The third-order valence-corrected chi connectivity index (χ3v) is 9.13. The number of hydrogen-bond acceptors (Lipinski definition) is 10. The molecular formula is C32H37ClN10O4. The van der Waals surface area contributed by atoms with Gasteiger partial charge in [-0.15, -0.1) is 5.10 Å². The first-order chi connectivity index (χ1) is 22.7. The predicted molar refractivity (Wildman–Crippen MR) is 173 cm³/mol. The maximum absolute atomic E-state index is 12.7. The monoisotopic (exact) mass is 660 g/mol. The molecule has 0 radical (unpaired) electrons. The van der Waals surface area contributed by atoms with Crippen molar-refractivity contribution >= 4 is 40.4 Å². The number of halogens is 1. The van der Waals surface area contributed by atoms with E-state index in [-0.39, 0.29) is 23.6 Å². The van der Waals surface area contributed by atoms with Crippen molar-refractivity contribution in [3.8, 4) is 11.8 Å². The van der Waals surface area contributed by atoms with Gasteiger partial charge in [-0.3, -0.25) is 14.3 Å². The summed E-state index contributed by atoms with van der Waals surface area (Å²) in [5, 5.41) is 39.6. The van der Waals surface area contributed by atoms with Crippen molar-refractivity contribution in [3.05, 3.63) is 58.9 Å². The number of nitrogens with zero attached hydrogens (tertiary/aromatic N) is 7. The average molecular weight is 661 g/mol. The van der Waals surface area contributed by atoms with Crippen LogP contribution in [0.25, 0.3) is 11.2 Å². The summed E-state index contributed by atoms with van der Waals surface area (Å²) in [6.07, 6.45) is 4.63. The van der Waals surface area contributed by atoms with Crippen LogP contribution in [0, 0.1) is 23.2 Å². The van der Waals surface area contributed by atoms with E-state index in [9.17, 15) is 19.8 Å². The number of amides is 2. The molecule has 3 aromatic heterocycles. The number of hydrogen-bond donors (Lipinski definition) is 5. The number of anilines is 1. The highest BCUT2D eigenvalue weighted by atomic mass is 35.5. The Bertz CT molecular complexity index is 1850. The lowest BCUT2D eigenvalue weighted by Crippen LogP contribution is -2.41. The van der Waals surface area contributed by atoms with Crippen molar-refractivity contribution in [2.24, 2.45) is 11.3 Å². The van der Waals surface area contributed by atoms with Gasteiger partial charge in [0.2, 0.25) is 17.6 Å². The van der Waals surface area contributed by atoms with E-state index in [1.165, 1.54) is 14.0 Å². The molecule has 0 spiro atoms. The van der Waals surface area contributed by atoms with Gasteiger partial charge in [-0.1, -0.05) is 34.9 Å². The molecule has 2 aliphatic carbocycles. The van der Waals surface area contributed by atoms with Crippen LogP contribution >= 0.6 is 11.6 Å². The Hall–Kier alpha value is -4.58. The molecular weight excluding hydrogens is 624 g/mol. The number of fused-ring (bicyclic) bond motifs is 2. The zero-order chi connectivity index (χ0) is 33.1. The fourth-order valence-electron chi connectivity index (χ4n) is 6.50. The second-order valence-electron chi connectivity index (χ2n) is 12.0. The van der Waals surface area contributed by atoms with Gasteiger partial charge in [0.25, 0.3) is 0 Å². The van der Waals surface area contributed by atoms with Crippen molar-refractivity contribution in [1.82, 2.24) is 45.1 Å². The summed E-state index contributed by atoms with van der Waals surface area (Å²) in [7, 11) is 1.53. The number of rotatable bonds is 12. The molecule has 14 nitrogen and oxygen atoms in total. The Morgan fingerprint density at radius 1 is 1.21 bits per heavy atom. The molecule has 246 valence electrons. The second kappa shape index (κ2) is 13.6. The normalized spacial score (nSPS) is 22.7. The van der Waals surface area contributed by atoms with Gasteiger partial charge in [0, 0.05) is 50.6 Å². The minimum absolute atomic E-state index is 0.0768. The van der Waals surface area contributed by atoms with Gasteiger partial charge in [-0.05, 0) is 49.3 Å². The molecule has 0 unspecified atom stereocenters. The third kappa shape index (κ3) is 6.64. The number of carbonyl (C=O) groups excluding carboxylic acids is 2. The molecule has 6 rings (SSSR count). The van der Waals surface area contributed by atoms with Gasteiger partial charge in [-0.25, -0.2) is 15.0 Å². The van der Waals surface area contributed by atoms with E-state index < -0.39 is 23.7 Å². The van der Waals surface area contributed by atoms with Crippen molar-refractivity contribution in [2.75, 3.05) is 18.9 Å². The highest BCUT2D eigenvalue weighted by Gasteiger charge is 2.75. The quantitative estimate of drug-likeness (QED) is 0.110. The Morgan fingerprint density at radius 3 is 2.85 bits per heavy atom. The van der Waals surface area contributed by atoms with Crippen LogP contribution in [0.15, 0.2) is 36.8 Å².